The topological polar surface area (TPSA) is 38.1 Å². The van der Waals surface area contributed by atoms with Gasteiger partial charge in [-0.05, 0) is 24.7 Å². The molecule has 1 heterocycles. The molecule has 1 aliphatic rings. The van der Waals surface area contributed by atoms with Crippen LogP contribution >= 0.6 is 0 Å². The molecule has 1 unspecified atom stereocenters. The highest BCUT2D eigenvalue weighted by atomic mass is 16.3. The van der Waals surface area contributed by atoms with Crippen molar-refractivity contribution in [3.05, 3.63) is 18.0 Å². The van der Waals surface area contributed by atoms with Crippen molar-refractivity contribution >= 4 is 0 Å². The summed E-state index contributed by atoms with van der Waals surface area (Å²) in [5.74, 6) is 1.34. The van der Waals surface area contributed by atoms with E-state index in [1.54, 1.807) is 10.9 Å². The van der Waals surface area contributed by atoms with Gasteiger partial charge < -0.3 is 5.11 Å². The average molecular weight is 250 g/mol. The molecule has 1 atom stereocenters. The first-order valence-electron chi connectivity index (χ1n) is 7.37. The first kappa shape index (κ1) is 13.6. The van der Waals surface area contributed by atoms with Crippen molar-refractivity contribution in [3.8, 4) is 0 Å². The molecule has 102 valence electrons. The number of unbranched alkanes of at least 4 members (excludes halogenated alkanes) is 1. The third kappa shape index (κ3) is 3.35. The van der Waals surface area contributed by atoms with Crippen LogP contribution in [0.4, 0.5) is 0 Å². The van der Waals surface area contributed by atoms with E-state index in [1.165, 1.54) is 44.9 Å². The molecule has 1 N–H and O–H groups in total. The average Bonchev–Trinajstić information content (AvgIpc) is 2.83. The summed E-state index contributed by atoms with van der Waals surface area (Å²) in [6, 6.07) is 0. The van der Waals surface area contributed by atoms with Crippen LogP contribution in [0.5, 0.6) is 0 Å². The van der Waals surface area contributed by atoms with Crippen molar-refractivity contribution in [1.29, 1.82) is 0 Å². The lowest BCUT2D eigenvalue weighted by Gasteiger charge is -2.31. The molecule has 0 aliphatic heterocycles. The number of nitrogens with zero attached hydrogens (tertiary/aromatic N) is 2. The standard InChI is InChI=1S/C15H26N2O/c1-3-4-5-12-6-8-13(9-7-12)15(18)14-10-16-17(2)11-14/h10-13,15,18H,3-9H2,1-2H3. The van der Waals surface area contributed by atoms with E-state index < -0.39 is 0 Å². The Morgan fingerprint density at radius 3 is 2.67 bits per heavy atom. The van der Waals surface area contributed by atoms with Crippen molar-refractivity contribution in [1.82, 2.24) is 9.78 Å². The normalized spacial score (nSPS) is 26.2. The van der Waals surface area contributed by atoms with Gasteiger partial charge in [0.2, 0.25) is 0 Å². The molecule has 1 aliphatic carbocycles. The van der Waals surface area contributed by atoms with E-state index >= 15 is 0 Å². The van der Waals surface area contributed by atoms with Gasteiger partial charge in [0.05, 0.1) is 12.3 Å². The smallest absolute Gasteiger partial charge is 0.0848 e. The van der Waals surface area contributed by atoms with Gasteiger partial charge >= 0.3 is 0 Å². The minimum atomic E-state index is -0.314. The second-order valence-electron chi connectivity index (χ2n) is 5.82. The number of aryl methyl sites for hydroxylation is 1. The van der Waals surface area contributed by atoms with Crippen LogP contribution in [0.2, 0.25) is 0 Å². The first-order chi connectivity index (χ1) is 8.70. The van der Waals surface area contributed by atoms with Crippen molar-refractivity contribution in [3.63, 3.8) is 0 Å². The molecule has 0 spiro atoms. The van der Waals surface area contributed by atoms with Crippen LogP contribution in [0.15, 0.2) is 12.4 Å². The quantitative estimate of drug-likeness (QED) is 0.869. The van der Waals surface area contributed by atoms with E-state index in [-0.39, 0.29) is 6.10 Å². The Hall–Kier alpha value is -0.830. The van der Waals surface area contributed by atoms with E-state index in [0.717, 1.165) is 11.5 Å². The number of aliphatic hydroxyl groups excluding tert-OH is 1. The SMILES string of the molecule is CCCCC1CCC(C(O)c2cnn(C)c2)CC1. The fourth-order valence-corrected chi connectivity index (χ4v) is 3.15. The fraction of sp³-hybridized carbons (Fsp3) is 0.800. The van der Waals surface area contributed by atoms with Gasteiger partial charge in [0, 0.05) is 18.8 Å². The number of rotatable bonds is 5. The summed E-state index contributed by atoms with van der Waals surface area (Å²) in [5.41, 5.74) is 0.981. The molecule has 0 amide bonds. The summed E-state index contributed by atoms with van der Waals surface area (Å²) < 4.78 is 1.77. The van der Waals surface area contributed by atoms with Crippen molar-refractivity contribution in [2.24, 2.45) is 18.9 Å². The summed E-state index contributed by atoms with van der Waals surface area (Å²) >= 11 is 0. The minimum Gasteiger partial charge on any atom is -0.388 e. The summed E-state index contributed by atoms with van der Waals surface area (Å²) in [4.78, 5) is 0. The molecule has 1 aromatic rings. The van der Waals surface area contributed by atoms with Crippen molar-refractivity contribution < 1.29 is 5.11 Å². The van der Waals surface area contributed by atoms with Crippen LogP contribution in [-0.2, 0) is 7.05 Å². The Morgan fingerprint density at radius 2 is 2.11 bits per heavy atom. The molecular weight excluding hydrogens is 224 g/mol. The lowest BCUT2D eigenvalue weighted by atomic mass is 9.76. The molecule has 0 bridgehead atoms. The zero-order valence-electron chi connectivity index (χ0n) is 11.7. The third-order valence-electron chi connectivity index (χ3n) is 4.37. The molecule has 2 rings (SSSR count). The number of aromatic nitrogens is 2. The molecule has 1 saturated carbocycles. The predicted molar refractivity (Wildman–Crippen MR) is 73.1 cm³/mol. The maximum atomic E-state index is 10.4. The first-order valence-corrected chi connectivity index (χ1v) is 7.37. The van der Waals surface area contributed by atoms with Crippen molar-refractivity contribution in [2.75, 3.05) is 0 Å². The summed E-state index contributed by atoms with van der Waals surface area (Å²) in [6.45, 7) is 2.26. The highest BCUT2D eigenvalue weighted by Crippen LogP contribution is 2.38. The predicted octanol–water partition coefficient (Wildman–Crippen LogP) is 3.45. The van der Waals surface area contributed by atoms with Crippen LogP contribution in [0.3, 0.4) is 0 Å². The largest absolute Gasteiger partial charge is 0.388 e. The molecular formula is C15H26N2O. The van der Waals surface area contributed by atoms with Crippen LogP contribution in [0.25, 0.3) is 0 Å². The van der Waals surface area contributed by atoms with Gasteiger partial charge in [-0.2, -0.15) is 5.10 Å². The van der Waals surface area contributed by atoms with E-state index in [1.807, 2.05) is 13.2 Å². The molecule has 0 aromatic carbocycles. The minimum absolute atomic E-state index is 0.314. The fourth-order valence-electron chi connectivity index (χ4n) is 3.15. The van der Waals surface area contributed by atoms with Crippen LogP contribution in [-0.4, -0.2) is 14.9 Å². The Morgan fingerprint density at radius 1 is 1.39 bits per heavy atom. The van der Waals surface area contributed by atoms with E-state index in [9.17, 15) is 5.11 Å². The number of hydrogen-bond acceptors (Lipinski definition) is 2. The Kier molecular flexibility index (Phi) is 4.81. The summed E-state index contributed by atoms with van der Waals surface area (Å²) in [6.07, 6.45) is 12.4. The van der Waals surface area contributed by atoms with E-state index in [4.69, 9.17) is 0 Å². The zero-order chi connectivity index (χ0) is 13.0. The number of aliphatic hydroxyl groups is 1. The zero-order valence-corrected chi connectivity index (χ0v) is 11.7. The van der Waals surface area contributed by atoms with Crippen molar-refractivity contribution in [2.45, 2.75) is 58.0 Å². The Labute approximate surface area is 110 Å². The molecule has 1 aromatic heterocycles. The Balaban J connectivity index is 1.82. The third-order valence-corrected chi connectivity index (χ3v) is 4.37. The molecule has 3 heteroatoms. The molecule has 0 saturated heterocycles. The lowest BCUT2D eigenvalue weighted by molar-refractivity contribution is 0.0719. The number of hydrogen-bond donors (Lipinski definition) is 1. The lowest BCUT2D eigenvalue weighted by Crippen LogP contribution is -2.20. The Bertz CT molecular complexity index is 353. The summed E-state index contributed by atoms with van der Waals surface area (Å²) in [5, 5.41) is 14.5. The van der Waals surface area contributed by atoms with Gasteiger partial charge in [-0.25, -0.2) is 0 Å². The van der Waals surface area contributed by atoms with Gasteiger partial charge in [-0.15, -0.1) is 0 Å². The van der Waals surface area contributed by atoms with Gasteiger partial charge in [0.25, 0.3) is 0 Å². The monoisotopic (exact) mass is 250 g/mol. The van der Waals surface area contributed by atoms with Crippen LogP contribution in [0, 0.1) is 11.8 Å². The van der Waals surface area contributed by atoms with Crippen LogP contribution < -0.4 is 0 Å². The second kappa shape index (κ2) is 6.37. The van der Waals surface area contributed by atoms with E-state index in [2.05, 4.69) is 12.0 Å². The molecule has 18 heavy (non-hydrogen) atoms. The van der Waals surface area contributed by atoms with Gasteiger partial charge in [-0.1, -0.05) is 39.0 Å². The van der Waals surface area contributed by atoms with E-state index in [0.29, 0.717) is 5.92 Å². The second-order valence-corrected chi connectivity index (χ2v) is 5.82. The van der Waals surface area contributed by atoms with Gasteiger partial charge in [-0.3, -0.25) is 4.68 Å². The summed E-state index contributed by atoms with van der Waals surface area (Å²) in [7, 11) is 1.90. The highest BCUT2D eigenvalue weighted by Gasteiger charge is 2.27. The van der Waals surface area contributed by atoms with Crippen LogP contribution in [0.1, 0.15) is 63.5 Å². The molecule has 0 radical (unpaired) electrons. The maximum Gasteiger partial charge on any atom is 0.0848 e. The molecule has 1 fully saturated rings. The van der Waals surface area contributed by atoms with Gasteiger partial charge in [0.15, 0.2) is 0 Å². The molecule has 3 nitrogen and oxygen atoms in total. The van der Waals surface area contributed by atoms with Gasteiger partial charge in [0.1, 0.15) is 0 Å². The highest BCUT2D eigenvalue weighted by molar-refractivity contribution is 5.09. The maximum absolute atomic E-state index is 10.4.